The first kappa shape index (κ1) is 9.76. The average Bonchev–Trinajstić information content (AvgIpc) is 2.72. The lowest BCUT2D eigenvalue weighted by molar-refractivity contribution is 0.591. The van der Waals surface area contributed by atoms with Crippen LogP contribution in [0.3, 0.4) is 0 Å². The molecule has 2 rings (SSSR count). The topological polar surface area (TPSA) is 61.7 Å². The minimum Gasteiger partial charge on any atom is -0.382 e. The number of nitrogens with two attached hydrogens (primary N) is 1. The number of aromatic nitrogens is 4. The first-order valence-corrected chi connectivity index (χ1v) is 4.92. The number of imidazole rings is 1. The summed E-state index contributed by atoms with van der Waals surface area (Å²) in [7, 11) is 1.99. The second-order valence-corrected chi connectivity index (χ2v) is 3.66. The molecule has 5 nitrogen and oxygen atoms in total. The number of nitrogens with zero attached hydrogens (tertiary/aromatic N) is 4. The Morgan fingerprint density at radius 2 is 2.27 bits per heavy atom. The van der Waals surface area contributed by atoms with Gasteiger partial charge in [-0.1, -0.05) is 0 Å². The summed E-state index contributed by atoms with van der Waals surface area (Å²) < 4.78 is 3.87. The van der Waals surface area contributed by atoms with E-state index in [-0.39, 0.29) is 0 Å². The van der Waals surface area contributed by atoms with Gasteiger partial charge in [-0.2, -0.15) is 5.10 Å². The van der Waals surface area contributed by atoms with E-state index in [0.29, 0.717) is 5.82 Å². The van der Waals surface area contributed by atoms with E-state index in [1.54, 1.807) is 6.20 Å². The number of hydrogen-bond donors (Lipinski definition) is 1. The summed E-state index contributed by atoms with van der Waals surface area (Å²) >= 11 is 0. The van der Waals surface area contributed by atoms with Crippen LogP contribution in [0.2, 0.25) is 0 Å². The zero-order valence-electron chi connectivity index (χ0n) is 9.01. The molecule has 2 aromatic rings. The Kier molecular flexibility index (Phi) is 2.45. The number of rotatable bonds is 3. The molecule has 0 unspecified atom stereocenters. The van der Waals surface area contributed by atoms with Crippen LogP contribution in [0.4, 0.5) is 5.82 Å². The van der Waals surface area contributed by atoms with Crippen molar-refractivity contribution in [1.82, 2.24) is 19.3 Å². The van der Waals surface area contributed by atoms with Crippen molar-refractivity contribution in [3.63, 3.8) is 0 Å². The molecule has 0 spiro atoms. The highest BCUT2D eigenvalue weighted by Gasteiger charge is 2.03. The molecule has 2 N–H and O–H groups in total. The fourth-order valence-corrected chi connectivity index (χ4v) is 1.50. The van der Waals surface area contributed by atoms with Crippen LogP contribution in [-0.2, 0) is 20.0 Å². The molecule has 0 amide bonds. The lowest BCUT2D eigenvalue weighted by atomic mass is 10.4. The predicted molar refractivity (Wildman–Crippen MR) is 58.3 cm³/mol. The summed E-state index contributed by atoms with van der Waals surface area (Å²) in [5, 5.41) is 4.20. The maximum absolute atomic E-state index is 5.67. The van der Waals surface area contributed by atoms with E-state index in [9.17, 15) is 0 Å². The van der Waals surface area contributed by atoms with E-state index in [1.807, 2.05) is 35.6 Å². The molecule has 0 saturated heterocycles. The number of aryl methyl sites for hydroxylation is 4. The molecular weight excluding hydrogens is 190 g/mol. The van der Waals surface area contributed by atoms with Crippen LogP contribution < -0.4 is 5.73 Å². The van der Waals surface area contributed by atoms with Crippen molar-refractivity contribution < 1.29 is 0 Å². The molecule has 2 heterocycles. The Labute approximate surface area is 88.5 Å². The SMILES string of the molecule is Cc1cn(CCc2nccn2C)nc1N. The van der Waals surface area contributed by atoms with E-state index < -0.39 is 0 Å². The smallest absolute Gasteiger partial charge is 0.148 e. The zero-order chi connectivity index (χ0) is 10.8. The first-order valence-electron chi connectivity index (χ1n) is 4.92. The summed E-state index contributed by atoms with van der Waals surface area (Å²) in [6.45, 7) is 2.77. The summed E-state index contributed by atoms with van der Waals surface area (Å²) in [6, 6.07) is 0. The van der Waals surface area contributed by atoms with E-state index in [2.05, 4.69) is 10.1 Å². The first-order chi connectivity index (χ1) is 7.16. The summed E-state index contributed by atoms with van der Waals surface area (Å²) in [6.07, 6.45) is 6.57. The normalized spacial score (nSPS) is 10.8. The molecule has 0 aromatic carbocycles. The van der Waals surface area contributed by atoms with Gasteiger partial charge in [0.25, 0.3) is 0 Å². The number of anilines is 1. The molecule has 15 heavy (non-hydrogen) atoms. The highest BCUT2D eigenvalue weighted by molar-refractivity contribution is 5.35. The molecule has 0 fully saturated rings. The van der Waals surface area contributed by atoms with E-state index in [0.717, 1.165) is 24.4 Å². The van der Waals surface area contributed by atoms with Gasteiger partial charge >= 0.3 is 0 Å². The van der Waals surface area contributed by atoms with Crippen molar-refractivity contribution in [2.45, 2.75) is 19.9 Å². The molecule has 0 bridgehead atoms. The van der Waals surface area contributed by atoms with Gasteiger partial charge in [-0.25, -0.2) is 4.98 Å². The van der Waals surface area contributed by atoms with Crippen LogP contribution in [0.15, 0.2) is 18.6 Å². The highest BCUT2D eigenvalue weighted by atomic mass is 15.3. The third-order valence-corrected chi connectivity index (χ3v) is 2.47. The van der Waals surface area contributed by atoms with E-state index in [4.69, 9.17) is 5.73 Å². The van der Waals surface area contributed by atoms with E-state index in [1.165, 1.54) is 0 Å². The third kappa shape index (κ3) is 2.01. The van der Waals surface area contributed by atoms with Crippen molar-refractivity contribution in [2.75, 3.05) is 5.73 Å². The Hall–Kier alpha value is -1.78. The maximum atomic E-state index is 5.67. The van der Waals surface area contributed by atoms with Crippen LogP contribution in [0.25, 0.3) is 0 Å². The number of nitrogen functional groups attached to an aromatic ring is 1. The zero-order valence-corrected chi connectivity index (χ0v) is 9.01. The average molecular weight is 205 g/mol. The minimum atomic E-state index is 0.606. The van der Waals surface area contributed by atoms with Crippen molar-refractivity contribution in [3.05, 3.63) is 30.0 Å². The number of hydrogen-bond acceptors (Lipinski definition) is 3. The van der Waals surface area contributed by atoms with Gasteiger partial charge in [0.15, 0.2) is 0 Å². The lowest BCUT2D eigenvalue weighted by Gasteiger charge is -2.01. The van der Waals surface area contributed by atoms with Gasteiger partial charge < -0.3 is 10.3 Å². The summed E-state index contributed by atoms with van der Waals surface area (Å²) in [4.78, 5) is 4.25. The quantitative estimate of drug-likeness (QED) is 0.804. The van der Waals surface area contributed by atoms with Gasteiger partial charge in [0.05, 0.1) is 0 Å². The molecule has 5 heteroatoms. The molecule has 0 atom stereocenters. The Morgan fingerprint density at radius 3 is 2.80 bits per heavy atom. The van der Waals surface area contributed by atoms with Crippen LogP contribution in [0.5, 0.6) is 0 Å². The molecule has 0 aliphatic carbocycles. The molecule has 2 aromatic heterocycles. The van der Waals surface area contributed by atoms with Crippen molar-refractivity contribution >= 4 is 5.82 Å². The summed E-state index contributed by atoms with van der Waals surface area (Å²) in [5.74, 6) is 1.66. The van der Waals surface area contributed by atoms with Gasteiger partial charge in [-0.05, 0) is 6.92 Å². The van der Waals surface area contributed by atoms with Crippen LogP contribution in [0.1, 0.15) is 11.4 Å². The van der Waals surface area contributed by atoms with Gasteiger partial charge in [0.1, 0.15) is 11.6 Å². The van der Waals surface area contributed by atoms with Gasteiger partial charge in [0, 0.05) is 44.2 Å². The Bertz CT molecular complexity index is 435. The molecule has 0 aliphatic heterocycles. The molecule has 80 valence electrons. The molecular formula is C10H15N5. The highest BCUT2D eigenvalue weighted by Crippen LogP contribution is 2.07. The monoisotopic (exact) mass is 205 g/mol. The summed E-state index contributed by atoms with van der Waals surface area (Å²) in [5.41, 5.74) is 6.69. The largest absolute Gasteiger partial charge is 0.382 e. The molecule has 0 radical (unpaired) electrons. The van der Waals surface area contributed by atoms with E-state index >= 15 is 0 Å². The van der Waals surface area contributed by atoms with Crippen LogP contribution in [0, 0.1) is 6.92 Å². The van der Waals surface area contributed by atoms with Crippen molar-refractivity contribution in [1.29, 1.82) is 0 Å². The van der Waals surface area contributed by atoms with Crippen LogP contribution in [-0.4, -0.2) is 19.3 Å². The second-order valence-electron chi connectivity index (χ2n) is 3.66. The Morgan fingerprint density at radius 1 is 1.47 bits per heavy atom. The molecule has 0 saturated carbocycles. The van der Waals surface area contributed by atoms with Gasteiger partial charge in [-0.3, -0.25) is 4.68 Å². The second kappa shape index (κ2) is 3.76. The standard InChI is InChI=1S/C10H15N5/c1-8-7-15(13-10(8)11)5-3-9-12-4-6-14(9)2/h4,6-7H,3,5H2,1-2H3,(H2,11,13). The predicted octanol–water partition coefficient (Wildman–Crippen LogP) is 0.750. The maximum Gasteiger partial charge on any atom is 0.148 e. The van der Waals surface area contributed by atoms with Crippen molar-refractivity contribution in [2.24, 2.45) is 7.05 Å². The minimum absolute atomic E-state index is 0.606. The third-order valence-electron chi connectivity index (χ3n) is 2.47. The fraction of sp³-hybridized carbons (Fsp3) is 0.400. The van der Waals surface area contributed by atoms with Gasteiger partial charge in [-0.15, -0.1) is 0 Å². The Balaban J connectivity index is 2.02. The van der Waals surface area contributed by atoms with Crippen molar-refractivity contribution in [3.8, 4) is 0 Å². The lowest BCUT2D eigenvalue weighted by Crippen LogP contribution is -2.06. The molecule has 0 aliphatic rings. The van der Waals surface area contributed by atoms with Gasteiger partial charge in [0.2, 0.25) is 0 Å². The fourth-order valence-electron chi connectivity index (χ4n) is 1.50. The van der Waals surface area contributed by atoms with Crippen LogP contribution >= 0.6 is 0 Å².